The minimum Gasteiger partial charge on any atom is -0.267 e. The molecule has 0 N–H and O–H groups in total. The first kappa shape index (κ1) is 11.9. The lowest BCUT2D eigenvalue weighted by atomic mass is 10.2. The topological polar surface area (TPSA) is 61.0 Å². The molecule has 0 fully saturated rings. The van der Waals surface area contributed by atoms with Gasteiger partial charge in [-0.3, -0.25) is 14.8 Å². The summed E-state index contributed by atoms with van der Waals surface area (Å²) in [5, 5.41) is 15.6. The van der Waals surface area contributed by atoms with Gasteiger partial charge in [0.05, 0.1) is 22.7 Å². The van der Waals surface area contributed by atoms with E-state index in [2.05, 4.69) is 5.10 Å². The van der Waals surface area contributed by atoms with Crippen molar-refractivity contribution in [1.82, 2.24) is 9.78 Å². The summed E-state index contributed by atoms with van der Waals surface area (Å²) in [6, 6.07) is 4.29. The Bertz CT molecular complexity index is 568. The van der Waals surface area contributed by atoms with Crippen LogP contribution in [-0.2, 0) is 6.54 Å². The van der Waals surface area contributed by atoms with E-state index in [4.69, 9.17) is 23.2 Å². The van der Waals surface area contributed by atoms with Gasteiger partial charge in [-0.05, 0) is 11.6 Å². The summed E-state index contributed by atoms with van der Waals surface area (Å²) in [6.07, 6.45) is 3.11. The number of nitro groups is 1. The summed E-state index contributed by atoms with van der Waals surface area (Å²) >= 11 is 11.7. The Balaban J connectivity index is 2.31. The van der Waals surface area contributed by atoms with Crippen LogP contribution in [0.2, 0.25) is 10.0 Å². The number of halogens is 2. The van der Waals surface area contributed by atoms with Crippen LogP contribution in [0.15, 0.2) is 30.6 Å². The number of hydrogen-bond donors (Lipinski definition) is 0. The summed E-state index contributed by atoms with van der Waals surface area (Å²) in [7, 11) is 0. The van der Waals surface area contributed by atoms with E-state index in [-0.39, 0.29) is 5.69 Å². The fourth-order valence-electron chi connectivity index (χ4n) is 1.40. The normalized spacial score (nSPS) is 10.5. The molecule has 0 aliphatic heterocycles. The number of rotatable bonds is 3. The Labute approximate surface area is 107 Å². The van der Waals surface area contributed by atoms with Gasteiger partial charge in [0, 0.05) is 23.4 Å². The molecule has 0 radical (unpaired) electrons. The minimum absolute atomic E-state index is 0.00246. The minimum atomic E-state index is -0.462. The average molecular weight is 272 g/mol. The smallest absolute Gasteiger partial charge is 0.267 e. The molecule has 0 saturated carbocycles. The molecule has 0 aliphatic carbocycles. The number of nitrogens with zero attached hydrogens (tertiary/aromatic N) is 3. The van der Waals surface area contributed by atoms with E-state index >= 15 is 0 Å². The van der Waals surface area contributed by atoms with Crippen LogP contribution >= 0.6 is 23.2 Å². The van der Waals surface area contributed by atoms with Gasteiger partial charge < -0.3 is 0 Å². The fourth-order valence-corrected chi connectivity index (χ4v) is 1.73. The van der Waals surface area contributed by atoms with Gasteiger partial charge in [0.1, 0.15) is 0 Å². The van der Waals surface area contributed by atoms with Gasteiger partial charge in [0.2, 0.25) is 0 Å². The molecule has 2 rings (SSSR count). The lowest BCUT2D eigenvalue weighted by Gasteiger charge is -2.04. The maximum Gasteiger partial charge on any atom is 0.269 e. The Kier molecular flexibility index (Phi) is 3.31. The van der Waals surface area contributed by atoms with Crippen LogP contribution in [0.4, 0.5) is 5.69 Å². The van der Waals surface area contributed by atoms with E-state index < -0.39 is 4.92 Å². The molecule has 2 aromatic rings. The molecule has 88 valence electrons. The van der Waals surface area contributed by atoms with Crippen LogP contribution in [-0.4, -0.2) is 14.7 Å². The summed E-state index contributed by atoms with van der Waals surface area (Å²) < 4.78 is 1.56. The Morgan fingerprint density at radius 2 is 2.18 bits per heavy atom. The van der Waals surface area contributed by atoms with Gasteiger partial charge >= 0.3 is 0 Å². The van der Waals surface area contributed by atoms with E-state index in [1.807, 2.05) is 0 Å². The molecular formula is C10H7Cl2N3O2. The highest BCUT2D eigenvalue weighted by molar-refractivity contribution is 6.31. The number of benzene rings is 1. The zero-order chi connectivity index (χ0) is 12.4. The van der Waals surface area contributed by atoms with Crippen LogP contribution in [0.25, 0.3) is 0 Å². The second-order valence-electron chi connectivity index (χ2n) is 3.39. The summed E-state index contributed by atoms with van der Waals surface area (Å²) in [5.74, 6) is 0. The van der Waals surface area contributed by atoms with Crippen LogP contribution in [0.3, 0.4) is 0 Å². The van der Waals surface area contributed by atoms with Crippen molar-refractivity contribution in [2.75, 3.05) is 0 Å². The average Bonchev–Trinajstić information content (AvgIpc) is 2.67. The lowest BCUT2D eigenvalue weighted by Crippen LogP contribution is -2.01. The van der Waals surface area contributed by atoms with Crippen LogP contribution < -0.4 is 0 Å². The van der Waals surface area contributed by atoms with E-state index in [9.17, 15) is 10.1 Å². The second-order valence-corrected chi connectivity index (χ2v) is 4.23. The van der Waals surface area contributed by atoms with Crippen molar-refractivity contribution in [3.05, 3.63) is 56.3 Å². The maximum atomic E-state index is 10.6. The fraction of sp³-hybridized carbons (Fsp3) is 0.100. The van der Waals surface area contributed by atoms with Crippen molar-refractivity contribution < 1.29 is 4.92 Å². The monoisotopic (exact) mass is 271 g/mol. The molecule has 1 aromatic carbocycles. The van der Waals surface area contributed by atoms with E-state index in [0.29, 0.717) is 22.2 Å². The molecule has 0 aliphatic rings. The van der Waals surface area contributed by atoms with Gasteiger partial charge in [-0.15, -0.1) is 0 Å². The Hall–Kier alpha value is -1.59. The molecule has 5 nitrogen and oxygen atoms in total. The standard InChI is InChI=1S/C10H7Cl2N3O2/c11-8-4-13-14(6-8)5-7-3-9(15(16)17)1-2-10(7)12/h1-4,6H,5H2. The SMILES string of the molecule is O=[N+]([O-])c1ccc(Cl)c(Cn2cc(Cl)cn2)c1. The molecule has 0 atom stereocenters. The summed E-state index contributed by atoms with van der Waals surface area (Å²) in [4.78, 5) is 10.2. The highest BCUT2D eigenvalue weighted by Crippen LogP contribution is 2.23. The second kappa shape index (κ2) is 4.73. The van der Waals surface area contributed by atoms with Crippen LogP contribution in [0.1, 0.15) is 5.56 Å². The van der Waals surface area contributed by atoms with Gasteiger partial charge in [0.15, 0.2) is 0 Å². The molecule has 0 saturated heterocycles. The Morgan fingerprint density at radius 1 is 1.41 bits per heavy atom. The van der Waals surface area contributed by atoms with Crippen LogP contribution in [0, 0.1) is 10.1 Å². The number of hydrogen-bond acceptors (Lipinski definition) is 3. The molecule has 0 amide bonds. The highest BCUT2D eigenvalue weighted by Gasteiger charge is 2.10. The molecular weight excluding hydrogens is 265 g/mol. The van der Waals surface area contributed by atoms with Gasteiger partial charge in [-0.25, -0.2) is 0 Å². The van der Waals surface area contributed by atoms with E-state index in [1.165, 1.54) is 24.4 Å². The third kappa shape index (κ3) is 2.75. The van der Waals surface area contributed by atoms with E-state index in [0.717, 1.165) is 0 Å². The van der Waals surface area contributed by atoms with Crippen molar-refractivity contribution in [1.29, 1.82) is 0 Å². The molecule has 1 heterocycles. The largest absolute Gasteiger partial charge is 0.269 e. The van der Waals surface area contributed by atoms with Crippen molar-refractivity contribution in [3.63, 3.8) is 0 Å². The van der Waals surface area contributed by atoms with Crippen molar-refractivity contribution >= 4 is 28.9 Å². The molecule has 7 heteroatoms. The maximum absolute atomic E-state index is 10.6. The van der Waals surface area contributed by atoms with Gasteiger partial charge in [-0.2, -0.15) is 5.10 Å². The van der Waals surface area contributed by atoms with Crippen molar-refractivity contribution in [2.24, 2.45) is 0 Å². The first-order valence-electron chi connectivity index (χ1n) is 4.67. The van der Waals surface area contributed by atoms with Gasteiger partial charge in [0.25, 0.3) is 5.69 Å². The van der Waals surface area contributed by atoms with Crippen molar-refractivity contribution in [3.8, 4) is 0 Å². The molecule has 1 aromatic heterocycles. The van der Waals surface area contributed by atoms with Gasteiger partial charge in [-0.1, -0.05) is 23.2 Å². The van der Waals surface area contributed by atoms with Crippen molar-refractivity contribution in [2.45, 2.75) is 6.54 Å². The number of nitro benzene ring substituents is 1. The third-order valence-corrected chi connectivity index (χ3v) is 2.74. The van der Waals surface area contributed by atoms with Crippen LogP contribution in [0.5, 0.6) is 0 Å². The highest BCUT2D eigenvalue weighted by atomic mass is 35.5. The first-order chi connectivity index (χ1) is 8.06. The quantitative estimate of drug-likeness (QED) is 0.637. The first-order valence-corrected chi connectivity index (χ1v) is 5.42. The summed E-state index contributed by atoms with van der Waals surface area (Å²) in [5.41, 5.74) is 0.628. The predicted molar refractivity (Wildman–Crippen MR) is 64.4 cm³/mol. The predicted octanol–water partition coefficient (Wildman–Crippen LogP) is 3.15. The molecule has 17 heavy (non-hydrogen) atoms. The van der Waals surface area contributed by atoms with E-state index in [1.54, 1.807) is 10.9 Å². The summed E-state index contributed by atoms with van der Waals surface area (Å²) in [6.45, 7) is 0.341. The molecule has 0 unspecified atom stereocenters. The zero-order valence-corrected chi connectivity index (χ0v) is 10.0. The third-order valence-electron chi connectivity index (χ3n) is 2.17. The zero-order valence-electron chi connectivity index (χ0n) is 8.51. The number of non-ortho nitro benzene ring substituents is 1. The lowest BCUT2D eigenvalue weighted by molar-refractivity contribution is -0.384. The number of aromatic nitrogens is 2. The Morgan fingerprint density at radius 3 is 2.76 bits per heavy atom. The molecule has 0 spiro atoms. The molecule has 0 bridgehead atoms.